The second-order valence-corrected chi connectivity index (χ2v) is 5.28. The van der Waals surface area contributed by atoms with Crippen molar-refractivity contribution in [1.82, 2.24) is 10.3 Å². The quantitative estimate of drug-likeness (QED) is 0.777. The minimum Gasteiger partial charge on any atom is -0.504 e. The van der Waals surface area contributed by atoms with E-state index < -0.39 is 0 Å². The third-order valence-electron chi connectivity index (χ3n) is 2.84. The number of nitrogens with zero attached hydrogens (tertiary/aromatic N) is 1. The van der Waals surface area contributed by atoms with Crippen LogP contribution in [0.5, 0.6) is 17.4 Å². The molecule has 0 aliphatic carbocycles. The van der Waals surface area contributed by atoms with Crippen molar-refractivity contribution in [3.63, 3.8) is 0 Å². The molecule has 0 radical (unpaired) electrons. The average Bonchev–Trinajstić information content (AvgIpc) is 2.53. The van der Waals surface area contributed by atoms with Crippen molar-refractivity contribution < 1.29 is 19.4 Å². The fourth-order valence-corrected chi connectivity index (χ4v) is 2.18. The zero-order valence-corrected chi connectivity index (χ0v) is 13.7. The Balaban J connectivity index is 1.85. The summed E-state index contributed by atoms with van der Waals surface area (Å²) in [6.45, 7) is 0.442. The number of carbonyl (C=O) groups excluding carboxylic acids is 1. The molecule has 0 fully saturated rings. The van der Waals surface area contributed by atoms with E-state index in [0.29, 0.717) is 15.6 Å². The Kier molecular flexibility index (Phi) is 5.90. The minimum atomic E-state index is -0.318. The number of hydrogen-bond donors (Lipinski definition) is 2. The lowest BCUT2D eigenvalue weighted by molar-refractivity contribution is 0.0946. The van der Waals surface area contributed by atoms with E-state index in [9.17, 15) is 9.90 Å². The number of methoxy groups -OCH3 is 1. The highest BCUT2D eigenvalue weighted by Crippen LogP contribution is 2.26. The van der Waals surface area contributed by atoms with Crippen LogP contribution in [-0.2, 0) is 0 Å². The summed E-state index contributed by atoms with van der Waals surface area (Å²) < 4.78 is 10.3. The van der Waals surface area contributed by atoms with Gasteiger partial charge in [0.2, 0.25) is 5.88 Å². The first kappa shape index (κ1) is 17.2. The average molecular weight is 357 g/mol. The molecule has 122 valence electrons. The van der Waals surface area contributed by atoms with Crippen LogP contribution in [0.15, 0.2) is 30.5 Å². The predicted octanol–water partition coefficient (Wildman–Crippen LogP) is 2.91. The van der Waals surface area contributed by atoms with Gasteiger partial charge in [0.05, 0.1) is 18.7 Å². The summed E-state index contributed by atoms with van der Waals surface area (Å²) in [6.07, 6.45) is 1.42. The van der Waals surface area contributed by atoms with Crippen molar-refractivity contribution in [3.05, 3.63) is 46.1 Å². The molecule has 2 aromatic rings. The van der Waals surface area contributed by atoms with Gasteiger partial charge in [0.1, 0.15) is 11.6 Å². The number of phenolic OH excluding ortho intramolecular Hbond substituents is 1. The Morgan fingerprint density at radius 2 is 2.13 bits per heavy atom. The van der Waals surface area contributed by atoms with Crippen LogP contribution in [-0.4, -0.2) is 36.3 Å². The van der Waals surface area contributed by atoms with Gasteiger partial charge in [0.25, 0.3) is 5.91 Å². The van der Waals surface area contributed by atoms with Crippen LogP contribution in [0, 0.1) is 0 Å². The Morgan fingerprint density at radius 1 is 1.35 bits per heavy atom. The van der Waals surface area contributed by atoms with E-state index in [1.807, 2.05) is 0 Å². The zero-order chi connectivity index (χ0) is 16.8. The van der Waals surface area contributed by atoms with E-state index in [-0.39, 0.29) is 36.4 Å². The molecule has 0 aliphatic heterocycles. The lowest BCUT2D eigenvalue weighted by atomic mass is 10.2. The molecule has 0 atom stereocenters. The van der Waals surface area contributed by atoms with Crippen LogP contribution in [0.1, 0.15) is 10.4 Å². The summed E-state index contributed by atoms with van der Waals surface area (Å²) in [7, 11) is 1.41. The van der Waals surface area contributed by atoms with Crippen LogP contribution in [0.3, 0.4) is 0 Å². The number of amides is 1. The van der Waals surface area contributed by atoms with Gasteiger partial charge in [-0.2, -0.15) is 0 Å². The zero-order valence-electron chi connectivity index (χ0n) is 12.2. The van der Waals surface area contributed by atoms with Crippen LogP contribution >= 0.6 is 23.2 Å². The molecule has 8 heteroatoms. The number of aromatic nitrogens is 1. The van der Waals surface area contributed by atoms with E-state index >= 15 is 0 Å². The van der Waals surface area contributed by atoms with Gasteiger partial charge in [-0.25, -0.2) is 4.98 Å². The molecular weight excluding hydrogens is 343 g/mol. The Hall–Kier alpha value is -2.18. The Morgan fingerprint density at radius 3 is 2.83 bits per heavy atom. The second-order valence-electron chi connectivity index (χ2n) is 4.43. The molecule has 0 spiro atoms. The maximum atomic E-state index is 12.0. The summed E-state index contributed by atoms with van der Waals surface area (Å²) in [5.41, 5.74) is 0.363. The van der Waals surface area contributed by atoms with E-state index in [1.54, 1.807) is 0 Å². The van der Waals surface area contributed by atoms with Crippen molar-refractivity contribution in [2.24, 2.45) is 0 Å². The van der Waals surface area contributed by atoms with Gasteiger partial charge in [-0.3, -0.25) is 4.79 Å². The summed E-state index contributed by atoms with van der Waals surface area (Å²) in [6, 6.07) is 5.85. The highest BCUT2D eigenvalue weighted by molar-refractivity contribution is 6.35. The first-order valence-corrected chi connectivity index (χ1v) is 7.36. The largest absolute Gasteiger partial charge is 0.504 e. The van der Waals surface area contributed by atoms with Gasteiger partial charge >= 0.3 is 0 Å². The topological polar surface area (TPSA) is 80.7 Å². The highest BCUT2D eigenvalue weighted by atomic mass is 35.5. The van der Waals surface area contributed by atoms with Crippen LogP contribution in [0.2, 0.25) is 10.0 Å². The monoisotopic (exact) mass is 356 g/mol. The smallest absolute Gasteiger partial charge is 0.251 e. The van der Waals surface area contributed by atoms with Gasteiger partial charge in [-0.05, 0) is 24.3 Å². The number of carbonyl (C=O) groups is 1. The summed E-state index contributed by atoms with van der Waals surface area (Å²) >= 11 is 11.7. The molecule has 1 aromatic heterocycles. The number of pyridine rings is 1. The molecule has 0 saturated heterocycles. The molecule has 1 amide bonds. The van der Waals surface area contributed by atoms with E-state index in [4.69, 9.17) is 32.7 Å². The molecule has 0 aliphatic rings. The summed E-state index contributed by atoms with van der Waals surface area (Å²) in [4.78, 5) is 15.9. The number of nitrogens with one attached hydrogen (secondary N) is 1. The Labute approximate surface area is 143 Å². The molecule has 0 saturated carbocycles. The van der Waals surface area contributed by atoms with Crippen molar-refractivity contribution in [2.45, 2.75) is 0 Å². The molecular formula is C15H14Cl2N2O4. The van der Waals surface area contributed by atoms with Crippen molar-refractivity contribution >= 4 is 29.1 Å². The Bertz CT molecular complexity index is 710. The van der Waals surface area contributed by atoms with E-state index in [2.05, 4.69) is 10.3 Å². The lowest BCUT2D eigenvalue weighted by Crippen LogP contribution is -2.28. The molecule has 23 heavy (non-hydrogen) atoms. The third-order valence-corrected chi connectivity index (χ3v) is 3.32. The molecule has 1 heterocycles. The van der Waals surface area contributed by atoms with Crippen LogP contribution in [0.4, 0.5) is 0 Å². The van der Waals surface area contributed by atoms with Crippen LogP contribution < -0.4 is 14.8 Å². The van der Waals surface area contributed by atoms with Gasteiger partial charge in [-0.1, -0.05) is 23.2 Å². The molecule has 2 N–H and O–H groups in total. The maximum Gasteiger partial charge on any atom is 0.251 e. The van der Waals surface area contributed by atoms with Gasteiger partial charge in [0, 0.05) is 11.8 Å². The number of benzene rings is 1. The maximum absolute atomic E-state index is 12.0. The van der Waals surface area contributed by atoms with Crippen molar-refractivity contribution in [3.8, 4) is 17.4 Å². The number of ether oxygens (including phenoxy) is 2. The lowest BCUT2D eigenvalue weighted by Gasteiger charge is -2.09. The number of halogens is 2. The highest BCUT2D eigenvalue weighted by Gasteiger charge is 2.10. The normalized spacial score (nSPS) is 10.2. The summed E-state index contributed by atoms with van der Waals surface area (Å²) in [5, 5.41) is 12.9. The molecule has 1 aromatic carbocycles. The van der Waals surface area contributed by atoms with Crippen LogP contribution in [0.25, 0.3) is 0 Å². The van der Waals surface area contributed by atoms with Crippen molar-refractivity contribution in [1.29, 1.82) is 0 Å². The fraction of sp³-hybridized carbons (Fsp3) is 0.200. The number of phenols is 1. The molecule has 6 nitrogen and oxygen atoms in total. The summed E-state index contributed by atoms with van der Waals surface area (Å²) in [5.74, 6) is 0.126. The van der Waals surface area contributed by atoms with E-state index in [1.165, 1.54) is 37.6 Å². The molecule has 0 unspecified atom stereocenters. The minimum absolute atomic E-state index is 0.0316. The number of aromatic hydroxyl groups is 1. The van der Waals surface area contributed by atoms with Gasteiger partial charge < -0.3 is 19.9 Å². The fourth-order valence-electron chi connectivity index (χ4n) is 1.74. The first-order valence-electron chi connectivity index (χ1n) is 6.60. The predicted molar refractivity (Wildman–Crippen MR) is 86.7 cm³/mol. The first-order chi connectivity index (χ1) is 11.0. The van der Waals surface area contributed by atoms with E-state index in [0.717, 1.165) is 0 Å². The molecule has 0 bridgehead atoms. The van der Waals surface area contributed by atoms with Gasteiger partial charge in [0.15, 0.2) is 11.5 Å². The number of rotatable bonds is 6. The third kappa shape index (κ3) is 4.64. The number of hydrogen-bond acceptors (Lipinski definition) is 5. The van der Waals surface area contributed by atoms with Gasteiger partial charge in [-0.15, -0.1) is 0 Å². The standard InChI is InChI=1S/C15H14Cl2N2O4/c1-22-13-6-9(2-3-12(13)20)14(21)18-4-5-23-15-11(17)7-10(16)8-19-15/h2-3,6-8,20H,4-5H2,1H3,(H,18,21). The van der Waals surface area contributed by atoms with Crippen molar-refractivity contribution in [2.75, 3.05) is 20.3 Å². The molecule has 2 rings (SSSR count). The second kappa shape index (κ2) is 7.89. The SMILES string of the molecule is COc1cc(C(=O)NCCOc2ncc(Cl)cc2Cl)ccc1O.